The fourth-order valence-corrected chi connectivity index (χ4v) is 1.75. The molecule has 2 aromatic rings. The molecule has 0 fully saturated rings. The Balaban J connectivity index is 2.37. The summed E-state index contributed by atoms with van der Waals surface area (Å²) in [6.45, 7) is 0. The number of nitrogen functional groups attached to an aromatic ring is 1. The summed E-state index contributed by atoms with van der Waals surface area (Å²) in [6, 6.07) is 9.91. The predicted molar refractivity (Wildman–Crippen MR) is 72.4 cm³/mol. The van der Waals surface area contributed by atoms with Crippen molar-refractivity contribution in [2.24, 2.45) is 0 Å². The summed E-state index contributed by atoms with van der Waals surface area (Å²) in [6.07, 6.45) is 0. The van der Waals surface area contributed by atoms with Crippen LogP contribution in [0.15, 0.2) is 36.4 Å². The monoisotopic (exact) mass is 287 g/mol. The van der Waals surface area contributed by atoms with Crippen molar-refractivity contribution in [2.75, 3.05) is 5.73 Å². The van der Waals surface area contributed by atoms with Gasteiger partial charge < -0.3 is 10.5 Å². The minimum Gasteiger partial charge on any atom is -0.454 e. The van der Waals surface area contributed by atoms with E-state index < -0.39 is 0 Å². The molecule has 0 aliphatic rings. The molecule has 0 saturated carbocycles. The van der Waals surface area contributed by atoms with E-state index in [1.807, 2.05) is 0 Å². The zero-order valence-corrected chi connectivity index (χ0v) is 10.9. The molecule has 0 atom stereocenters. The topological polar surface area (TPSA) is 35.2 Å². The van der Waals surface area contributed by atoms with E-state index in [0.717, 1.165) is 0 Å². The molecular formula is C12H8Cl3NO. The lowest BCUT2D eigenvalue weighted by molar-refractivity contribution is 0.485. The second-order valence-electron chi connectivity index (χ2n) is 3.36. The minimum absolute atomic E-state index is 0.438. The Bertz CT molecular complexity index is 508. The lowest BCUT2D eigenvalue weighted by Gasteiger charge is -2.10. The number of hydrogen-bond acceptors (Lipinski definition) is 2. The SMILES string of the molecule is Nc1ccc(Cl)cc1Oc1cc(Cl)ccc1Cl. The Morgan fingerprint density at radius 1 is 0.824 bits per heavy atom. The van der Waals surface area contributed by atoms with Gasteiger partial charge in [0.25, 0.3) is 0 Å². The van der Waals surface area contributed by atoms with Crippen LogP contribution in [0.4, 0.5) is 5.69 Å². The van der Waals surface area contributed by atoms with Gasteiger partial charge in [0, 0.05) is 22.2 Å². The summed E-state index contributed by atoms with van der Waals surface area (Å²) in [7, 11) is 0. The minimum atomic E-state index is 0.438. The van der Waals surface area contributed by atoms with Crippen molar-refractivity contribution < 1.29 is 4.74 Å². The van der Waals surface area contributed by atoms with Gasteiger partial charge in [0.2, 0.25) is 0 Å². The second kappa shape index (κ2) is 5.05. The molecule has 2 nitrogen and oxygen atoms in total. The van der Waals surface area contributed by atoms with Crippen molar-refractivity contribution in [2.45, 2.75) is 0 Å². The number of anilines is 1. The molecule has 2 aromatic carbocycles. The molecule has 0 bridgehead atoms. The molecule has 0 saturated heterocycles. The quantitative estimate of drug-likeness (QED) is 0.787. The fraction of sp³-hybridized carbons (Fsp3) is 0. The molecule has 0 spiro atoms. The van der Waals surface area contributed by atoms with Gasteiger partial charge in [-0.3, -0.25) is 0 Å². The number of halogens is 3. The highest BCUT2D eigenvalue weighted by Gasteiger charge is 2.07. The lowest BCUT2D eigenvalue weighted by atomic mass is 10.3. The molecule has 0 aromatic heterocycles. The third kappa shape index (κ3) is 2.97. The first-order chi connectivity index (χ1) is 8.06. The first-order valence-electron chi connectivity index (χ1n) is 4.74. The van der Waals surface area contributed by atoms with Gasteiger partial charge in [0.05, 0.1) is 10.7 Å². The first-order valence-corrected chi connectivity index (χ1v) is 5.87. The van der Waals surface area contributed by atoms with Gasteiger partial charge in [0.1, 0.15) is 5.75 Å². The van der Waals surface area contributed by atoms with E-state index in [0.29, 0.717) is 32.3 Å². The van der Waals surface area contributed by atoms with Crippen LogP contribution >= 0.6 is 34.8 Å². The highest BCUT2D eigenvalue weighted by atomic mass is 35.5. The molecule has 0 heterocycles. The summed E-state index contributed by atoms with van der Waals surface area (Å²) < 4.78 is 5.58. The Morgan fingerprint density at radius 2 is 1.41 bits per heavy atom. The lowest BCUT2D eigenvalue weighted by Crippen LogP contribution is -1.92. The normalized spacial score (nSPS) is 10.3. The van der Waals surface area contributed by atoms with Crippen LogP contribution in [0, 0.1) is 0 Å². The van der Waals surface area contributed by atoms with Crippen molar-refractivity contribution >= 4 is 40.5 Å². The van der Waals surface area contributed by atoms with Crippen molar-refractivity contribution in [3.05, 3.63) is 51.5 Å². The van der Waals surface area contributed by atoms with Crippen LogP contribution in [-0.4, -0.2) is 0 Å². The van der Waals surface area contributed by atoms with E-state index in [-0.39, 0.29) is 0 Å². The summed E-state index contributed by atoms with van der Waals surface area (Å²) >= 11 is 17.7. The van der Waals surface area contributed by atoms with E-state index in [1.54, 1.807) is 36.4 Å². The summed E-state index contributed by atoms with van der Waals surface area (Å²) in [5.74, 6) is 0.884. The molecule has 0 aliphatic carbocycles. The maximum Gasteiger partial charge on any atom is 0.151 e. The van der Waals surface area contributed by atoms with Crippen LogP contribution in [0.5, 0.6) is 11.5 Å². The van der Waals surface area contributed by atoms with Crippen LogP contribution in [0.3, 0.4) is 0 Å². The third-order valence-electron chi connectivity index (χ3n) is 2.09. The van der Waals surface area contributed by atoms with Crippen molar-refractivity contribution in [1.29, 1.82) is 0 Å². The highest BCUT2D eigenvalue weighted by Crippen LogP contribution is 2.35. The van der Waals surface area contributed by atoms with Gasteiger partial charge >= 0.3 is 0 Å². The maximum atomic E-state index is 5.98. The van der Waals surface area contributed by atoms with Gasteiger partial charge in [-0.15, -0.1) is 0 Å². The molecule has 0 radical (unpaired) electrons. The fourth-order valence-electron chi connectivity index (χ4n) is 1.27. The summed E-state index contributed by atoms with van der Waals surface area (Å²) in [4.78, 5) is 0. The van der Waals surface area contributed by atoms with Crippen LogP contribution in [0.25, 0.3) is 0 Å². The van der Waals surface area contributed by atoms with Gasteiger partial charge in [-0.2, -0.15) is 0 Å². The van der Waals surface area contributed by atoms with E-state index in [1.165, 1.54) is 0 Å². The van der Waals surface area contributed by atoms with E-state index in [4.69, 9.17) is 45.3 Å². The highest BCUT2D eigenvalue weighted by molar-refractivity contribution is 6.34. The Kier molecular flexibility index (Phi) is 3.67. The Morgan fingerprint density at radius 3 is 2.12 bits per heavy atom. The summed E-state index contributed by atoms with van der Waals surface area (Å²) in [5, 5.41) is 1.52. The third-order valence-corrected chi connectivity index (χ3v) is 2.87. The van der Waals surface area contributed by atoms with Gasteiger partial charge in [-0.1, -0.05) is 34.8 Å². The van der Waals surface area contributed by atoms with E-state index in [2.05, 4.69) is 0 Å². The Hall–Kier alpha value is -1.09. The standard InChI is InChI=1S/C12H8Cl3NO/c13-7-1-3-9(15)11(5-7)17-12-6-8(14)2-4-10(12)16/h1-6H,16H2. The molecule has 88 valence electrons. The van der Waals surface area contributed by atoms with Crippen molar-refractivity contribution in [3.63, 3.8) is 0 Å². The maximum absolute atomic E-state index is 5.98. The number of benzene rings is 2. The van der Waals surface area contributed by atoms with E-state index in [9.17, 15) is 0 Å². The molecule has 2 rings (SSSR count). The smallest absolute Gasteiger partial charge is 0.151 e. The largest absolute Gasteiger partial charge is 0.454 e. The Labute approximate surface area is 114 Å². The molecular weight excluding hydrogens is 280 g/mol. The molecule has 2 N–H and O–H groups in total. The molecule has 0 unspecified atom stereocenters. The second-order valence-corrected chi connectivity index (χ2v) is 4.64. The number of nitrogens with two attached hydrogens (primary N) is 1. The van der Waals surface area contributed by atoms with Crippen LogP contribution < -0.4 is 10.5 Å². The number of rotatable bonds is 2. The molecule has 17 heavy (non-hydrogen) atoms. The predicted octanol–water partition coefficient (Wildman–Crippen LogP) is 5.02. The molecule has 0 amide bonds. The van der Waals surface area contributed by atoms with Crippen molar-refractivity contribution in [3.8, 4) is 11.5 Å². The average Bonchev–Trinajstić information content (AvgIpc) is 2.28. The van der Waals surface area contributed by atoms with Crippen LogP contribution in [-0.2, 0) is 0 Å². The van der Waals surface area contributed by atoms with Crippen LogP contribution in [0.1, 0.15) is 0 Å². The number of ether oxygens (including phenoxy) is 1. The zero-order valence-electron chi connectivity index (χ0n) is 8.58. The van der Waals surface area contributed by atoms with E-state index >= 15 is 0 Å². The zero-order chi connectivity index (χ0) is 12.4. The van der Waals surface area contributed by atoms with Gasteiger partial charge in [0.15, 0.2) is 5.75 Å². The first kappa shape index (κ1) is 12.4. The molecule has 5 heteroatoms. The van der Waals surface area contributed by atoms with Crippen molar-refractivity contribution in [1.82, 2.24) is 0 Å². The average molecular weight is 289 g/mol. The summed E-state index contributed by atoms with van der Waals surface area (Å²) in [5.41, 5.74) is 6.24. The number of hydrogen-bond donors (Lipinski definition) is 1. The van der Waals surface area contributed by atoms with Gasteiger partial charge in [-0.05, 0) is 24.3 Å². The van der Waals surface area contributed by atoms with Crippen LogP contribution in [0.2, 0.25) is 15.1 Å². The molecule has 0 aliphatic heterocycles. The van der Waals surface area contributed by atoms with Gasteiger partial charge in [-0.25, -0.2) is 0 Å².